The van der Waals surface area contributed by atoms with Crippen molar-refractivity contribution in [2.75, 3.05) is 30.0 Å². The van der Waals surface area contributed by atoms with Crippen molar-refractivity contribution in [2.45, 2.75) is 13.8 Å². The van der Waals surface area contributed by atoms with Gasteiger partial charge in [0.05, 0.1) is 6.54 Å². The number of hydrogen-bond acceptors (Lipinski definition) is 6. The normalized spacial score (nSPS) is 9.82. The number of amides is 1. The topological polar surface area (TPSA) is 96.2 Å². The van der Waals surface area contributed by atoms with E-state index in [0.717, 1.165) is 0 Å². The summed E-state index contributed by atoms with van der Waals surface area (Å²) in [5.74, 6) is 6.43. The second kappa shape index (κ2) is 6.64. The average Bonchev–Trinajstić information content (AvgIpc) is 2.36. The van der Waals surface area contributed by atoms with Crippen LogP contribution in [0.5, 0.6) is 0 Å². The average molecular weight is 238 g/mol. The summed E-state index contributed by atoms with van der Waals surface area (Å²) in [6, 6.07) is 1.70. The molecule has 94 valence electrons. The van der Waals surface area contributed by atoms with Crippen molar-refractivity contribution in [1.29, 1.82) is 0 Å². The van der Waals surface area contributed by atoms with Crippen molar-refractivity contribution in [3.05, 3.63) is 12.4 Å². The molecule has 0 bridgehead atoms. The zero-order valence-electron chi connectivity index (χ0n) is 10.1. The summed E-state index contributed by atoms with van der Waals surface area (Å²) in [6.45, 7) is 5.41. The third kappa shape index (κ3) is 3.87. The molecule has 0 saturated heterocycles. The van der Waals surface area contributed by atoms with E-state index in [0.29, 0.717) is 24.7 Å². The number of nitrogens with two attached hydrogens (primary N) is 1. The predicted octanol–water partition coefficient (Wildman–Crippen LogP) is -0.275. The Hall–Kier alpha value is -1.89. The summed E-state index contributed by atoms with van der Waals surface area (Å²) in [6.07, 6.45) is 1.41. The molecule has 1 aromatic heterocycles. The van der Waals surface area contributed by atoms with Crippen molar-refractivity contribution in [3.63, 3.8) is 0 Å². The van der Waals surface area contributed by atoms with Gasteiger partial charge in [0.2, 0.25) is 5.91 Å². The van der Waals surface area contributed by atoms with Crippen LogP contribution in [0, 0.1) is 0 Å². The molecule has 0 saturated carbocycles. The van der Waals surface area contributed by atoms with Crippen LogP contribution in [0.3, 0.4) is 0 Å². The molecule has 1 rings (SSSR count). The van der Waals surface area contributed by atoms with Crippen LogP contribution in [0.25, 0.3) is 0 Å². The van der Waals surface area contributed by atoms with E-state index in [1.165, 1.54) is 6.33 Å². The number of hydrazine groups is 1. The van der Waals surface area contributed by atoms with Crippen molar-refractivity contribution in [3.8, 4) is 0 Å². The quantitative estimate of drug-likeness (QED) is 0.466. The summed E-state index contributed by atoms with van der Waals surface area (Å²) in [7, 11) is 0. The van der Waals surface area contributed by atoms with Crippen LogP contribution < -0.4 is 21.5 Å². The Morgan fingerprint density at radius 3 is 2.82 bits per heavy atom. The maximum absolute atomic E-state index is 11.5. The highest BCUT2D eigenvalue weighted by atomic mass is 16.2. The third-order valence-corrected chi connectivity index (χ3v) is 2.21. The van der Waals surface area contributed by atoms with Gasteiger partial charge in [-0.1, -0.05) is 0 Å². The lowest BCUT2D eigenvalue weighted by Crippen LogP contribution is -2.37. The van der Waals surface area contributed by atoms with E-state index in [2.05, 4.69) is 20.7 Å². The van der Waals surface area contributed by atoms with Crippen LogP contribution in [0.1, 0.15) is 13.8 Å². The largest absolute Gasteiger partial charge is 0.355 e. The minimum absolute atomic E-state index is 0.0322. The van der Waals surface area contributed by atoms with Gasteiger partial charge in [-0.05, 0) is 13.8 Å². The van der Waals surface area contributed by atoms with Gasteiger partial charge in [-0.3, -0.25) is 4.79 Å². The van der Waals surface area contributed by atoms with E-state index >= 15 is 0 Å². The number of rotatable bonds is 6. The molecule has 7 heteroatoms. The summed E-state index contributed by atoms with van der Waals surface area (Å²) >= 11 is 0. The molecule has 0 aliphatic rings. The number of nitrogens with one attached hydrogen (secondary N) is 2. The Morgan fingerprint density at radius 2 is 2.24 bits per heavy atom. The number of anilines is 2. The van der Waals surface area contributed by atoms with Crippen LogP contribution in [-0.2, 0) is 4.79 Å². The molecular formula is C10H18N6O. The molecule has 0 aromatic carbocycles. The Morgan fingerprint density at radius 1 is 1.47 bits per heavy atom. The molecular weight excluding hydrogens is 220 g/mol. The smallest absolute Gasteiger partial charge is 0.239 e. The molecule has 0 unspecified atom stereocenters. The molecule has 1 aromatic rings. The minimum atomic E-state index is -0.0322. The highest BCUT2D eigenvalue weighted by Crippen LogP contribution is 2.12. The molecule has 0 radical (unpaired) electrons. The zero-order chi connectivity index (χ0) is 12.7. The lowest BCUT2D eigenvalue weighted by molar-refractivity contribution is -0.119. The third-order valence-electron chi connectivity index (χ3n) is 2.21. The molecule has 4 N–H and O–H groups in total. The van der Waals surface area contributed by atoms with Gasteiger partial charge in [0.25, 0.3) is 0 Å². The van der Waals surface area contributed by atoms with E-state index in [-0.39, 0.29) is 12.5 Å². The number of carbonyl (C=O) groups is 1. The van der Waals surface area contributed by atoms with Gasteiger partial charge in [-0.25, -0.2) is 15.8 Å². The fraction of sp³-hybridized carbons (Fsp3) is 0.500. The van der Waals surface area contributed by atoms with E-state index in [9.17, 15) is 4.79 Å². The van der Waals surface area contributed by atoms with Crippen molar-refractivity contribution >= 4 is 17.5 Å². The maximum Gasteiger partial charge on any atom is 0.239 e. The molecule has 1 heterocycles. The van der Waals surface area contributed by atoms with Crippen molar-refractivity contribution in [2.24, 2.45) is 5.84 Å². The second-order valence-electron chi connectivity index (χ2n) is 3.37. The van der Waals surface area contributed by atoms with Gasteiger partial charge in [0.1, 0.15) is 18.0 Å². The summed E-state index contributed by atoms with van der Waals surface area (Å²) in [5.41, 5.74) is 2.45. The Labute approximate surface area is 100 Å². The van der Waals surface area contributed by atoms with E-state index in [4.69, 9.17) is 5.84 Å². The van der Waals surface area contributed by atoms with Gasteiger partial charge < -0.3 is 15.6 Å². The first-order valence-electron chi connectivity index (χ1n) is 5.51. The predicted molar refractivity (Wildman–Crippen MR) is 66.4 cm³/mol. The molecule has 17 heavy (non-hydrogen) atoms. The molecule has 0 spiro atoms. The summed E-state index contributed by atoms with van der Waals surface area (Å²) < 4.78 is 0. The van der Waals surface area contributed by atoms with Gasteiger partial charge >= 0.3 is 0 Å². The summed E-state index contributed by atoms with van der Waals surface area (Å²) in [5, 5.41) is 2.74. The number of nitrogens with zero attached hydrogens (tertiary/aromatic N) is 3. The lowest BCUT2D eigenvalue weighted by Gasteiger charge is -2.21. The summed E-state index contributed by atoms with van der Waals surface area (Å²) in [4.78, 5) is 21.4. The SMILES string of the molecule is CCNC(=O)CN(CC)c1cc(NN)ncn1. The number of aromatic nitrogens is 2. The fourth-order valence-electron chi connectivity index (χ4n) is 1.38. The van der Waals surface area contributed by atoms with Crippen molar-refractivity contribution in [1.82, 2.24) is 15.3 Å². The fourth-order valence-corrected chi connectivity index (χ4v) is 1.38. The Kier molecular flexibility index (Phi) is 5.15. The first-order chi connectivity index (χ1) is 8.21. The minimum Gasteiger partial charge on any atom is -0.355 e. The van der Waals surface area contributed by atoms with Crippen LogP contribution >= 0.6 is 0 Å². The number of hydrogen-bond donors (Lipinski definition) is 3. The van der Waals surface area contributed by atoms with Crippen LogP contribution in [0.15, 0.2) is 12.4 Å². The van der Waals surface area contributed by atoms with Crippen molar-refractivity contribution < 1.29 is 4.79 Å². The highest BCUT2D eigenvalue weighted by molar-refractivity contribution is 5.81. The number of likely N-dealkylation sites (N-methyl/N-ethyl adjacent to an activating group) is 2. The van der Waals surface area contributed by atoms with Gasteiger partial charge in [-0.15, -0.1) is 0 Å². The van der Waals surface area contributed by atoms with E-state index < -0.39 is 0 Å². The molecule has 7 nitrogen and oxygen atoms in total. The molecule has 1 amide bonds. The Balaban J connectivity index is 2.74. The van der Waals surface area contributed by atoms with Crippen LogP contribution in [0.2, 0.25) is 0 Å². The van der Waals surface area contributed by atoms with Crippen LogP contribution in [-0.4, -0.2) is 35.5 Å². The Bertz CT molecular complexity index is 370. The number of carbonyl (C=O) groups excluding carboxylic acids is 1. The maximum atomic E-state index is 11.5. The number of nitrogen functional groups attached to an aromatic ring is 1. The van der Waals surface area contributed by atoms with E-state index in [1.54, 1.807) is 6.07 Å². The molecule has 0 aliphatic heterocycles. The first kappa shape index (κ1) is 13.2. The van der Waals surface area contributed by atoms with Gasteiger partial charge in [0, 0.05) is 19.2 Å². The van der Waals surface area contributed by atoms with Crippen LogP contribution in [0.4, 0.5) is 11.6 Å². The van der Waals surface area contributed by atoms with E-state index in [1.807, 2.05) is 18.7 Å². The molecule has 0 atom stereocenters. The van der Waals surface area contributed by atoms with Gasteiger partial charge in [0.15, 0.2) is 0 Å². The first-order valence-corrected chi connectivity index (χ1v) is 5.51. The molecule has 0 fully saturated rings. The molecule has 0 aliphatic carbocycles. The highest BCUT2D eigenvalue weighted by Gasteiger charge is 2.11. The second-order valence-corrected chi connectivity index (χ2v) is 3.37. The lowest BCUT2D eigenvalue weighted by atomic mass is 10.4. The van der Waals surface area contributed by atoms with Gasteiger partial charge in [-0.2, -0.15) is 0 Å². The monoisotopic (exact) mass is 238 g/mol. The standard InChI is InChI=1S/C10H18N6O/c1-3-12-10(17)6-16(4-2)9-5-8(15-11)13-7-14-9/h5,7H,3-4,6,11H2,1-2H3,(H,12,17)(H,13,14,15). The zero-order valence-corrected chi connectivity index (χ0v) is 10.1.